The number of carbonyl (C=O) groups is 1. The lowest BCUT2D eigenvalue weighted by molar-refractivity contribution is -0.114. The molecule has 0 spiro atoms. The molecule has 3 heteroatoms. The highest BCUT2D eigenvalue weighted by Crippen LogP contribution is 2.29. The van der Waals surface area contributed by atoms with E-state index < -0.39 is 6.10 Å². The molecule has 0 aromatic heterocycles. The van der Waals surface area contributed by atoms with Gasteiger partial charge in [-0.3, -0.25) is 4.79 Å². The zero-order chi connectivity index (χ0) is 9.14. The van der Waals surface area contributed by atoms with Gasteiger partial charge in [0.2, 0.25) is 0 Å². The summed E-state index contributed by atoms with van der Waals surface area (Å²) in [5.74, 6) is -0.141. The lowest BCUT2D eigenvalue weighted by Gasteiger charge is -2.17. The average Bonchev–Trinajstić information content (AvgIpc) is 2.50. The Morgan fingerprint density at radius 1 is 1.83 bits per heavy atom. The maximum absolute atomic E-state index is 11.0. The van der Waals surface area contributed by atoms with E-state index in [1.54, 1.807) is 0 Å². The second-order valence-electron chi connectivity index (χ2n) is 3.15. The van der Waals surface area contributed by atoms with Crippen molar-refractivity contribution in [3.8, 4) is 0 Å². The Bertz CT molecular complexity index is 208. The Hall–Kier alpha value is -0.670. The molecule has 0 saturated heterocycles. The lowest BCUT2D eigenvalue weighted by atomic mass is 9.93. The van der Waals surface area contributed by atoms with Crippen molar-refractivity contribution in [3.63, 3.8) is 0 Å². The van der Waals surface area contributed by atoms with E-state index in [0.29, 0.717) is 5.57 Å². The summed E-state index contributed by atoms with van der Waals surface area (Å²) in [4.78, 5) is 11.0. The van der Waals surface area contributed by atoms with E-state index in [-0.39, 0.29) is 18.3 Å². The van der Waals surface area contributed by atoms with E-state index in [2.05, 4.69) is 0 Å². The largest absolute Gasteiger partial charge is 0.394 e. The van der Waals surface area contributed by atoms with Crippen molar-refractivity contribution in [2.45, 2.75) is 25.9 Å². The molecule has 0 fully saturated rings. The molecule has 12 heavy (non-hydrogen) atoms. The van der Waals surface area contributed by atoms with E-state index in [4.69, 9.17) is 5.11 Å². The number of hydrogen-bond donors (Lipinski definition) is 2. The van der Waals surface area contributed by atoms with Crippen molar-refractivity contribution < 1.29 is 15.0 Å². The fourth-order valence-corrected chi connectivity index (χ4v) is 1.66. The van der Waals surface area contributed by atoms with Crippen molar-refractivity contribution >= 4 is 5.78 Å². The maximum atomic E-state index is 11.0. The molecule has 0 amide bonds. The summed E-state index contributed by atoms with van der Waals surface area (Å²) in [6.45, 7) is 1.23. The third-order valence-electron chi connectivity index (χ3n) is 2.30. The molecule has 0 saturated carbocycles. The Kier molecular flexibility index (Phi) is 3.00. The van der Waals surface area contributed by atoms with Crippen LogP contribution in [0, 0.1) is 5.92 Å². The third-order valence-corrected chi connectivity index (χ3v) is 2.30. The van der Waals surface area contributed by atoms with Crippen LogP contribution in [0.1, 0.15) is 19.8 Å². The Morgan fingerprint density at radius 2 is 2.50 bits per heavy atom. The van der Waals surface area contributed by atoms with E-state index in [1.165, 1.54) is 6.92 Å². The molecule has 0 aromatic rings. The average molecular weight is 170 g/mol. The van der Waals surface area contributed by atoms with Crippen molar-refractivity contribution in [2.75, 3.05) is 6.61 Å². The number of rotatable bonds is 3. The molecule has 2 unspecified atom stereocenters. The minimum absolute atomic E-state index is 0.00463. The summed E-state index contributed by atoms with van der Waals surface area (Å²) in [6, 6.07) is 0. The van der Waals surface area contributed by atoms with E-state index >= 15 is 0 Å². The van der Waals surface area contributed by atoms with Crippen molar-refractivity contribution in [3.05, 3.63) is 11.6 Å². The molecular weight excluding hydrogens is 156 g/mol. The monoisotopic (exact) mass is 170 g/mol. The van der Waals surface area contributed by atoms with E-state index in [0.717, 1.165) is 12.8 Å². The van der Waals surface area contributed by atoms with Crippen LogP contribution in [-0.2, 0) is 4.79 Å². The summed E-state index contributed by atoms with van der Waals surface area (Å²) in [5, 5.41) is 18.0. The third kappa shape index (κ3) is 1.73. The fourth-order valence-electron chi connectivity index (χ4n) is 1.66. The van der Waals surface area contributed by atoms with Gasteiger partial charge in [-0.05, 0) is 25.3 Å². The van der Waals surface area contributed by atoms with Crippen LogP contribution in [0.5, 0.6) is 0 Å². The molecule has 3 nitrogen and oxygen atoms in total. The zero-order valence-corrected chi connectivity index (χ0v) is 7.16. The lowest BCUT2D eigenvalue weighted by Crippen LogP contribution is -2.25. The summed E-state index contributed by atoms with van der Waals surface area (Å²) < 4.78 is 0. The molecule has 1 aliphatic carbocycles. The summed E-state index contributed by atoms with van der Waals surface area (Å²) >= 11 is 0. The van der Waals surface area contributed by atoms with Gasteiger partial charge in [0.15, 0.2) is 5.78 Å². The molecule has 1 rings (SSSR count). The Morgan fingerprint density at radius 3 is 3.00 bits per heavy atom. The van der Waals surface area contributed by atoms with Crippen molar-refractivity contribution in [1.29, 1.82) is 0 Å². The highest BCUT2D eigenvalue weighted by molar-refractivity contribution is 5.94. The second kappa shape index (κ2) is 3.83. The van der Waals surface area contributed by atoms with Crippen LogP contribution < -0.4 is 0 Å². The fraction of sp³-hybridized carbons (Fsp3) is 0.667. The van der Waals surface area contributed by atoms with Gasteiger partial charge in [-0.1, -0.05) is 6.08 Å². The molecule has 0 aromatic carbocycles. The summed E-state index contributed by atoms with van der Waals surface area (Å²) in [6.07, 6.45) is 2.68. The molecule has 0 heterocycles. The topological polar surface area (TPSA) is 57.5 Å². The number of carbonyl (C=O) groups excluding carboxylic acids is 1. The van der Waals surface area contributed by atoms with Gasteiger partial charge in [0.05, 0.1) is 12.7 Å². The predicted octanol–water partition coefficient (Wildman–Crippen LogP) is 0.265. The first-order valence-electron chi connectivity index (χ1n) is 4.16. The molecule has 2 N–H and O–H groups in total. The summed E-state index contributed by atoms with van der Waals surface area (Å²) in [5.41, 5.74) is 0.677. The quantitative estimate of drug-likeness (QED) is 0.639. The Labute approximate surface area is 71.7 Å². The number of Topliss-reactive ketones (excluding diaryl/α,β-unsaturated/α-hetero) is 1. The smallest absolute Gasteiger partial charge is 0.155 e. The normalized spacial score (nSPS) is 25.2. The molecule has 0 aliphatic heterocycles. The highest BCUT2D eigenvalue weighted by Gasteiger charge is 2.28. The van der Waals surface area contributed by atoms with Gasteiger partial charge in [-0.15, -0.1) is 0 Å². The first-order valence-corrected chi connectivity index (χ1v) is 4.16. The van der Waals surface area contributed by atoms with Crippen molar-refractivity contribution in [1.82, 2.24) is 0 Å². The molecule has 0 radical (unpaired) electrons. The van der Waals surface area contributed by atoms with Gasteiger partial charge in [-0.2, -0.15) is 0 Å². The standard InChI is InChI=1S/C9H14O3/c1-6(11)7-3-2-4-8(7)9(12)5-10/h3,8-10,12H,2,4-5H2,1H3. The van der Waals surface area contributed by atoms with Gasteiger partial charge in [0.1, 0.15) is 0 Å². The molecular formula is C9H14O3. The van der Waals surface area contributed by atoms with Crippen LogP contribution in [0.25, 0.3) is 0 Å². The number of hydrogen-bond acceptors (Lipinski definition) is 3. The molecule has 1 aliphatic rings. The Balaban J connectivity index is 2.67. The van der Waals surface area contributed by atoms with Crippen LogP contribution in [-0.4, -0.2) is 28.7 Å². The van der Waals surface area contributed by atoms with Gasteiger partial charge in [-0.25, -0.2) is 0 Å². The SMILES string of the molecule is CC(=O)C1=CCCC1C(O)CO. The van der Waals surface area contributed by atoms with Gasteiger partial charge >= 0.3 is 0 Å². The highest BCUT2D eigenvalue weighted by atomic mass is 16.3. The van der Waals surface area contributed by atoms with Crippen LogP contribution in [0.2, 0.25) is 0 Å². The van der Waals surface area contributed by atoms with Gasteiger partial charge in [0, 0.05) is 5.92 Å². The minimum Gasteiger partial charge on any atom is -0.394 e. The predicted molar refractivity (Wildman–Crippen MR) is 44.6 cm³/mol. The number of aliphatic hydroxyl groups excluding tert-OH is 2. The number of allylic oxidation sites excluding steroid dienone is 1. The van der Waals surface area contributed by atoms with Crippen LogP contribution in [0.15, 0.2) is 11.6 Å². The molecule has 2 atom stereocenters. The van der Waals surface area contributed by atoms with E-state index in [9.17, 15) is 9.90 Å². The first-order chi connectivity index (χ1) is 5.66. The zero-order valence-electron chi connectivity index (χ0n) is 7.16. The summed E-state index contributed by atoms with van der Waals surface area (Å²) in [7, 11) is 0. The number of ketones is 1. The molecule has 68 valence electrons. The minimum atomic E-state index is -0.775. The first kappa shape index (κ1) is 9.42. The van der Waals surface area contributed by atoms with Crippen LogP contribution in [0.4, 0.5) is 0 Å². The molecule has 0 bridgehead atoms. The van der Waals surface area contributed by atoms with Gasteiger partial charge in [0.25, 0.3) is 0 Å². The maximum Gasteiger partial charge on any atom is 0.155 e. The van der Waals surface area contributed by atoms with Gasteiger partial charge < -0.3 is 10.2 Å². The van der Waals surface area contributed by atoms with Crippen LogP contribution in [0.3, 0.4) is 0 Å². The number of aliphatic hydroxyl groups is 2. The van der Waals surface area contributed by atoms with Crippen molar-refractivity contribution in [2.24, 2.45) is 5.92 Å². The van der Waals surface area contributed by atoms with Crippen LogP contribution >= 0.6 is 0 Å². The van der Waals surface area contributed by atoms with E-state index in [1.807, 2.05) is 6.08 Å². The second-order valence-corrected chi connectivity index (χ2v) is 3.15.